The van der Waals surface area contributed by atoms with Gasteiger partial charge >= 0.3 is 6.61 Å². The van der Waals surface area contributed by atoms with Gasteiger partial charge in [0.15, 0.2) is 11.5 Å². The highest BCUT2D eigenvalue weighted by Gasteiger charge is 2.49. The molecule has 0 aliphatic carbocycles. The van der Waals surface area contributed by atoms with Gasteiger partial charge < -0.3 is 20.9 Å². The average molecular weight is 404 g/mol. The molecule has 7 nitrogen and oxygen atoms in total. The first-order valence-electron chi connectivity index (χ1n) is 8.98. The molecule has 1 aliphatic heterocycles. The first kappa shape index (κ1) is 20.5. The van der Waals surface area contributed by atoms with Gasteiger partial charge in [-0.3, -0.25) is 9.69 Å². The van der Waals surface area contributed by atoms with Gasteiger partial charge in [0.1, 0.15) is 11.5 Å². The second-order valence-electron chi connectivity index (χ2n) is 6.41. The molecule has 2 aromatic carbocycles. The third-order valence-electron chi connectivity index (χ3n) is 4.72. The van der Waals surface area contributed by atoms with Crippen molar-refractivity contribution in [3.05, 3.63) is 59.2 Å². The SMILES string of the molecule is CCOc1cccc(C2(c3ccc(OC(F)F)c(CN)c3)N=C(N)N(C)C2=O)c1. The Morgan fingerprint density at radius 2 is 1.93 bits per heavy atom. The van der Waals surface area contributed by atoms with Gasteiger partial charge in [-0.25, -0.2) is 4.99 Å². The molecule has 2 aromatic rings. The van der Waals surface area contributed by atoms with Gasteiger partial charge in [-0.05, 0) is 42.3 Å². The van der Waals surface area contributed by atoms with Crippen LogP contribution in [0.5, 0.6) is 11.5 Å². The number of likely N-dealkylation sites (N-methyl/N-ethyl adjacent to an activating group) is 1. The number of hydrogen-bond donors (Lipinski definition) is 2. The van der Waals surface area contributed by atoms with Crippen molar-refractivity contribution in [2.75, 3.05) is 13.7 Å². The molecule has 0 saturated heterocycles. The number of carbonyl (C=O) groups is 1. The van der Waals surface area contributed by atoms with E-state index in [1.165, 1.54) is 24.1 Å². The molecule has 154 valence electrons. The van der Waals surface area contributed by atoms with E-state index in [1.807, 2.05) is 6.92 Å². The summed E-state index contributed by atoms with van der Waals surface area (Å²) in [4.78, 5) is 19.0. The normalized spacial score (nSPS) is 18.9. The number of rotatable bonds is 7. The summed E-state index contributed by atoms with van der Waals surface area (Å²) in [6, 6.07) is 11.4. The second kappa shape index (κ2) is 8.04. The van der Waals surface area contributed by atoms with Crippen LogP contribution in [0.3, 0.4) is 0 Å². The van der Waals surface area contributed by atoms with E-state index in [2.05, 4.69) is 9.73 Å². The highest BCUT2D eigenvalue weighted by Crippen LogP contribution is 2.41. The van der Waals surface area contributed by atoms with Crippen LogP contribution in [0.25, 0.3) is 0 Å². The van der Waals surface area contributed by atoms with E-state index in [9.17, 15) is 13.6 Å². The number of halogens is 2. The number of nitrogens with zero attached hydrogens (tertiary/aromatic N) is 2. The average Bonchev–Trinajstić information content (AvgIpc) is 2.93. The number of aliphatic imine (C=N–C) groups is 1. The quantitative estimate of drug-likeness (QED) is 0.736. The fourth-order valence-corrected chi connectivity index (χ4v) is 3.34. The highest BCUT2D eigenvalue weighted by molar-refractivity contribution is 6.09. The number of amides is 1. The molecule has 0 aromatic heterocycles. The van der Waals surface area contributed by atoms with Crippen molar-refractivity contribution in [2.24, 2.45) is 16.5 Å². The number of benzene rings is 2. The van der Waals surface area contributed by atoms with Crippen LogP contribution in [0.1, 0.15) is 23.6 Å². The minimum Gasteiger partial charge on any atom is -0.494 e. The lowest BCUT2D eigenvalue weighted by molar-refractivity contribution is -0.129. The van der Waals surface area contributed by atoms with Crippen molar-refractivity contribution in [3.8, 4) is 11.5 Å². The summed E-state index contributed by atoms with van der Waals surface area (Å²) in [7, 11) is 1.52. The number of nitrogens with two attached hydrogens (primary N) is 2. The second-order valence-corrected chi connectivity index (χ2v) is 6.41. The Labute approximate surface area is 166 Å². The third kappa shape index (κ3) is 3.61. The van der Waals surface area contributed by atoms with E-state index in [0.717, 1.165) is 0 Å². The first-order chi connectivity index (χ1) is 13.8. The maximum absolute atomic E-state index is 13.3. The van der Waals surface area contributed by atoms with Crippen molar-refractivity contribution in [2.45, 2.75) is 25.6 Å². The molecule has 0 fully saturated rings. The Morgan fingerprint density at radius 3 is 2.52 bits per heavy atom. The van der Waals surface area contributed by atoms with Crippen LogP contribution >= 0.6 is 0 Å². The molecule has 0 spiro atoms. The van der Waals surface area contributed by atoms with Crippen molar-refractivity contribution < 1.29 is 23.0 Å². The molecule has 3 rings (SSSR count). The standard InChI is InChI=1S/C20H22F2N4O3/c1-3-28-15-6-4-5-13(10-15)20(17(27)26(2)19(24)25-20)14-7-8-16(29-18(21)22)12(9-14)11-23/h4-10,18H,3,11,23H2,1-2H3,(H2,24,25). The zero-order chi connectivity index (χ0) is 21.2. The van der Waals surface area contributed by atoms with E-state index in [0.29, 0.717) is 29.0 Å². The minimum atomic E-state index is -2.99. The number of guanidine groups is 1. The van der Waals surface area contributed by atoms with Gasteiger partial charge in [0.25, 0.3) is 5.91 Å². The maximum atomic E-state index is 13.3. The van der Waals surface area contributed by atoms with E-state index >= 15 is 0 Å². The maximum Gasteiger partial charge on any atom is 0.387 e. The molecule has 1 aliphatic rings. The molecule has 0 saturated carbocycles. The fourth-order valence-electron chi connectivity index (χ4n) is 3.34. The van der Waals surface area contributed by atoms with Crippen LogP contribution < -0.4 is 20.9 Å². The number of alkyl halides is 2. The summed E-state index contributed by atoms with van der Waals surface area (Å²) in [5.41, 5.74) is 11.5. The summed E-state index contributed by atoms with van der Waals surface area (Å²) in [5, 5.41) is 0. The zero-order valence-corrected chi connectivity index (χ0v) is 16.1. The summed E-state index contributed by atoms with van der Waals surface area (Å²) < 4.78 is 35.4. The molecule has 9 heteroatoms. The molecular formula is C20H22F2N4O3. The van der Waals surface area contributed by atoms with Crippen molar-refractivity contribution in [3.63, 3.8) is 0 Å². The van der Waals surface area contributed by atoms with E-state index in [1.54, 1.807) is 30.3 Å². The van der Waals surface area contributed by atoms with E-state index < -0.39 is 12.2 Å². The fraction of sp³-hybridized carbons (Fsp3) is 0.300. The van der Waals surface area contributed by atoms with Gasteiger partial charge in [0.2, 0.25) is 0 Å². The molecular weight excluding hydrogens is 382 g/mol. The number of ether oxygens (including phenoxy) is 2. The Morgan fingerprint density at radius 1 is 1.21 bits per heavy atom. The van der Waals surface area contributed by atoms with Gasteiger partial charge in [0, 0.05) is 19.2 Å². The van der Waals surface area contributed by atoms with E-state index in [4.69, 9.17) is 16.2 Å². The summed E-state index contributed by atoms with van der Waals surface area (Å²) in [6.45, 7) is -0.751. The summed E-state index contributed by atoms with van der Waals surface area (Å²) in [6.07, 6.45) is 0. The van der Waals surface area contributed by atoms with Crippen LogP contribution in [-0.4, -0.2) is 37.0 Å². The lowest BCUT2D eigenvalue weighted by atomic mass is 9.82. The Kier molecular flexibility index (Phi) is 5.69. The van der Waals surface area contributed by atoms with Crippen LogP contribution in [0.2, 0.25) is 0 Å². The first-order valence-corrected chi connectivity index (χ1v) is 8.98. The Balaban J connectivity index is 2.21. The summed E-state index contributed by atoms with van der Waals surface area (Å²) >= 11 is 0. The molecule has 0 bridgehead atoms. The van der Waals surface area contributed by atoms with Gasteiger partial charge in [-0.15, -0.1) is 0 Å². The summed E-state index contributed by atoms with van der Waals surface area (Å²) in [5.74, 6) is 0.172. The lowest BCUT2D eigenvalue weighted by Gasteiger charge is -2.27. The zero-order valence-electron chi connectivity index (χ0n) is 16.1. The highest BCUT2D eigenvalue weighted by atomic mass is 19.3. The molecule has 1 unspecified atom stereocenters. The van der Waals surface area contributed by atoms with Crippen molar-refractivity contribution in [1.29, 1.82) is 0 Å². The predicted molar refractivity (Wildman–Crippen MR) is 104 cm³/mol. The van der Waals surface area contributed by atoms with Crippen molar-refractivity contribution in [1.82, 2.24) is 4.90 Å². The van der Waals surface area contributed by atoms with E-state index in [-0.39, 0.29) is 24.2 Å². The molecule has 0 radical (unpaired) electrons. The van der Waals surface area contributed by atoms with Crippen LogP contribution in [0.15, 0.2) is 47.5 Å². The van der Waals surface area contributed by atoms with Gasteiger partial charge in [-0.2, -0.15) is 8.78 Å². The Hall–Kier alpha value is -3.20. The van der Waals surface area contributed by atoms with Crippen molar-refractivity contribution >= 4 is 11.9 Å². The molecule has 4 N–H and O–H groups in total. The smallest absolute Gasteiger partial charge is 0.387 e. The van der Waals surface area contributed by atoms with Gasteiger partial charge in [-0.1, -0.05) is 18.2 Å². The topological polar surface area (TPSA) is 103 Å². The lowest BCUT2D eigenvalue weighted by Crippen LogP contribution is -2.41. The molecule has 1 amide bonds. The van der Waals surface area contributed by atoms with Gasteiger partial charge in [0.05, 0.1) is 6.61 Å². The van der Waals surface area contributed by atoms with Crippen LogP contribution in [-0.2, 0) is 16.9 Å². The number of carbonyl (C=O) groups excluding carboxylic acids is 1. The molecule has 29 heavy (non-hydrogen) atoms. The van der Waals surface area contributed by atoms with Crippen LogP contribution in [0, 0.1) is 0 Å². The molecule has 1 heterocycles. The largest absolute Gasteiger partial charge is 0.494 e. The van der Waals surface area contributed by atoms with Crippen LogP contribution in [0.4, 0.5) is 8.78 Å². The number of hydrogen-bond acceptors (Lipinski definition) is 6. The minimum absolute atomic E-state index is 0.0408. The molecule has 1 atom stereocenters. The third-order valence-corrected chi connectivity index (χ3v) is 4.72. The Bertz CT molecular complexity index is 951. The predicted octanol–water partition coefficient (Wildman–Crippen LogP) is 2.18. The monoisotopic (exact) mass is 404 g/mol.